The molecule has 0 fully saturated rings. The van der Waals surface area contributed by atoms with Gasteiger partial charge < -0.3 is 9.84 Å². The van der Waals surface area contributed by atoms with Gasteiger partial charge >= 0.3 is 0 Å². The number of ether oxygens (including phenoxy) is 1. The van der Waals surface area contributed by atoms with Crippen molar-refractivity contribution in [2.45, 2.75) is 32.3 Å². The van der Waals surface area contributed by atoms with Crippen LogP contribution in [0.2, 0.25) is 0 Å². The van der Waals surface area contributed by atoms with Gasteiger partial charge in [0.15, 0.2) is 17.2 Å². The maximum absolute atomic E-state index is 14.0. The Balaban J connectivity index is 0.00000289. The number of ketones is 1. The fraction of sp³-hybridized carbons (Fsp3) is 0.259. The topological polar surface area (TPSA) is 63.8 Å². The monoisotopic (exact) mass is 498 g/mol. The molecule has 0 saturated carbocycles. The number of aryl methyl sites for hydroxylation is 1. The third kappa shape index (κ3) is 4.54. The van der Waals surface area contributed by atoms with E-state index in [-0.39, 0.29) is 55.2 Å². The Morgan fingerprint density at radius 1 is 1.11 bits per heavy atom. The minimum Gasteiger partial charge on any atom is -0.485 e. The lowest BCUT2D eigenvalue weighted by Gasteiger charge is -2.18. The minimum absolute atomic E-state index is 0. The van der Waals surface area contributed by atoms with Gasteiger partial charge in [-0.1, -0.05) is 30.3 Å². The number of nitrogens with zero attached hydrogens (tertiary/aromatic N) is 2. The zero-order chi connectivity index (χ0) is 23.8. The molecule has 1 unspecified atom stereocenters. The Bertz CT molecular complexity index is 1370. The summed E-state index contributed by atoms with van der Waals surface area (Å²) in [6, 6.07) is 15.0. The van der Waals surface area contributed by atoms with Crippen LogP contribution < -0.4 is 4.74 Å². The molecule has 8 heteroatoms. The highest BCUT2D eigenvalue weighted by Crippen LogP contribution is 2.40. The van der Waals surface area contributed by atoms with E-state index in [1.807, 2.05) is 24.3 Å². The third-order valence-electron chi connectivity index (χ3n) is 6.63. The highest BCUT2D eigenvalue weighted by atomic mass is 35.5. The molecule has 1 aliphatic carbocycles. The lowest BCUT2D eigenvalue weighted by molar-refractivity contribution is 0.0950. The van der Waals surface area contributed by atoms with E-state index in [0.29, 0.717) is 22.8 Å². The number of Topliss-reactive ketones (excluding diaryl/α,β-unsaturated/α-hetero) is 1. The van der Waals surface area contributed by atoms with Gasteiger partial charge in [0.2, 0.25) is 0 Å². The van der Waals surface area contributed by atoms with E-state index in [9.17, 15) is 18.7 Å². The number of fused-ring (bicyclic) bond motifs is 2. The molecule has 2 atom stereocenters. The first-order valence-electron chi connectivity index (χ1n) is 11.2. The van der Waals surface area contributed by atoms with Crippen molar-refractivity contribution in [3.63, 3.8) is 0 Å². The van der Waals surface area contributed by atoms with Gasteiger partial charge in [-0.15, -0.1) is 12.4 Å². The van der Waals surface area contributed by atoms with Crippen LogP contribution in [0.5, 0.6) is 5.75 Å². The number of aromatic nitrogens is 2. The third-order valence-corrected chi connectivity index (χ3v) is 6.63. The van der Waals surface area contributed by atoms with Crippen molar-refractivity contribution in [2.75, 3.05) is 6.61 Å². The molecule has 0 spiro atoms. The maximum Gasteiger partial charge on any atom is 0.182 e. The second-order valence-corrected chi connectivity index (χ2v) is 8.68. The molecular weight excluding hydrogens is 474 g/mol. The Morgan fingerprint density at radius 2 is 1.86 bits per heavy atom. The smallest absolute Gasteiger partial charge is 0.182 e. The number of pyridine rings is 1. The number of aliphatic hydroxyl groups is 1. The van der Waals surface area contributed by atoms with E-state index in [2.05, 4.69) is 4.98 Å². The Labute approximate surface area is 207 Å². The number of rotatable bonds is 7. The molecule has 5 rings (SSSR count). The number of hydrogen-bond acceptors (Lipinski definition) is 4. The Hall–Kier alpha value is -3.29. The van der Waals surface area contributed by atoms with Gasteiger partial charge in [-0.2, -0.15) is 0 Å². The van der Waals surface area contributed by atoms with Crippen LogP contribution in [0.25, 0.3) is 5.65 Å². The molecule has 0 amide bonds. The first kappa shape index (κ1) is 24.8. The molecule has 4 aromatic rings. The Kier molecular flexibility index (Phi) is 7.19. The summed E-state index contributed by atoms with van der Waals surface area (Å²) in [5, 5.41) is 9.91. The van der Waals surface area contributed by atoms with Crippen molar-refractivity contribution < 1.29 is 23.4 Å². The van der Waals surface area contributed by atoms with Gasteiger partial charge in [-0.3, -0.25) is 9.20 Å². The summed E-state index contributed by atoms with van der Waals surface area (Å²) in [5.74, 6) is -1.19. The van der Waals surface area contributed by atoms with Gasteiger partial charge in [0.05, 0.1) is 11.3 Å². The maximum atomic E-state index is 14.0. The summed E-state index contributed by atoms with van der Waals surface area (Å²) in [7, 11) is 0. The van der Waals surface area contributed by atoms with Crippen molar-refractivity contribution in [1.82, 2.24) is 9.38 Å². The van der Waals surface area contributed by atoms with E-state index >= 15 is 0 Å². The van der Waals surface area contributed by atoms with Crippen LogP contribution in [0.15, 0.2) is 60.8 Å². The predicted molar refractivity (Wildman–Crippen MR) is 130 cm³/mol. The molecular formula is C27H25ClF2N2O3. The number of hydrogen-bond donors (Lipinski definition) is 1. The Morgan fingerprint density at radius 3 is 2.60 bits per heavy atom. The average Bonchev–Trinajstić information content (AvgIpc) is 3.35. The van der Waals surface area contributed by atoms with Crippen molar-refractivity contribution >= 4 is 23.8 Å². The molecule has 35 heavy (non-hydrogen) atoms. The summed E-state index contributed by atoms with van der Waals surface area (Å²) in [6.07, 6.45) is 2.73. The van der Waals surface area contributed by atoms with Crippen LogP contribution in [-0.2, 0) is 13.0 Å². The highest BCUT2D eigenvalue weighted by Gasteiger charge is 2.34. The molecule has 2 aromatic carbocycles. The largest absolute Gasteiger partial charge is 0.485 e. The van der Waals surface area contributed by atoms with Crippen molar-refractivity contribution in [3.8, 4) is 5.75 Å². The second kappa shape index (κ2) is 10.1. The van der Waals surface area contributed by atoms with E-state index in [0.717, 1.165) is 12.0 Å². The van der Waals surface area contributed by atoms with Crippen LogP contribution in [0, 0.1) is 24.5 Å². The standard InChI is InChI=1S/C27H24F2N2O3.ClH/c1-16-26(24(33)13-20-18(14-32)12-17-6-2-3-7-19(17)20)31-11-5-10-25(27(31)30-16)34-15-21-22(28)8-4-9-23(21)29;/h2-11,18,20,32H,12-15H2,1H3;1H/t18-,20?;/m1./s1. The first-order valence-corrected chi connectivity index (χ1v) is 11.2. The van der Waals surface area contributed by atoms with Crippen LogP contribution >= 0.6 is 12.4 Å². The van der Waals surface area contributed by atoms with E-state index < -0.39 is 11.6 Å². The fourth-order valence-electron chi connectivity index (χ4n) is 4.95. The number of benzene rings is 2. The summed E-state index contributed by atoms with van der Waals surface area (Å²) >= 11 is 0. The summed E-state index contributed by atoms with van der Waals surface area (Å²) in [5.41, 5.74) is 3.51. The molecule has 1 N–H and O–H groups in total. The summed E-state index contributed by atoms with van der Waals surface area (Å²) in [4.78, 5) is 18.0. The number of halogens is 3. The normalized spacial score (nSPS) is 16.7. The van der Waals surface area contributed by atoms with Crippen LogP contribution in [0.3, 0.4) is 0 Å². The van der Waals surface area contributed by atoms with Gasteiger partial charge in [-0.25, -0.2) is 13.8 Å². The number of carbonyl (C=O) groups is 1. The molecule has 2 heterocycles. The van der Waals surface area contributed by atoms with E-state index in [1.165, 1.54) is 23.8 Å². The van der Waals surface area contributed by atoms with Gasteiger partial charge in [0.25, 0.3) is 0 Å². The van der Waals surface area contributed by atoms with Gasteiger partial charge in [-0.05, 0) is 60.6 Å². The van der Waals surface area contributed by atoms with Crippen molar-refractivity contribution in [1.29, 1.82) is 0 Å². The second-order valence-electron chi connectivity index (χ2n) is 8.68. The number of carbonyl (C=O) groups excluding carboxylic acids is 1. The van der Waals surface area contributed by atoms with E-state index in [4.69, 9.17) is 4.74 Å². The average molecular weight is 499 g/mol. The molecule has 5 nitrogen and oxygen atoms in total. The minimum atomic E-state index is -0.683. The SMILES string of the molecule is Cc1nc2c(OCc3c(F)cccc3F)cccn2c1C(=O)CC1c2ccccc2C[C@@H]1CO.Cl. The molecule has 0 saturated heterocycles. The predicted octanol–water partition coefficient (Wildman–Crippen LogP) is 5.44. The van der Waals surface area contributed by atoms with Crippen LogP contribution in [0.4, 0.5) is 8.78 Å². The van der Waals surface area contributed by atoms with Gasteiger partial charge in [0, 0.05) is 19.2 Å². The first-order chi connectivity index (χ1) is 16.5. The molecule has 0 radical (unpaired) electrons. The highest BCUT2D eigenvalue weighted by molar-refractivity contribution is 5.97. The lowest BCUT2D eigenvalue weighted by Crippen LogP contribution is -2.17. The molecule has 0 bridgehead atoms. The zero-order valence-corrected chi connectivity index (χ0v) is 19.9. The molecule has 182 valence electrons. The van der Waals surface area contributed by atoms with E-state index in [1.54, 1.807) is 29.7 Å². The van der Waals surface area contributed by atoms with Crippen molar-refractivity contribution in [2.24, 2.45) is 5.92 Å². The number of imidazole rings is 1. The molecule has 0 aliphatic heterocycles. The quantitative estimate of drug-likeness (QED) is 0.344. The fourth-order valence-corrected chi connectivity index (χ4v) is 4.95. The summed E-state index contributed by atoms with van der Waals surface area (Å²) < 4.78 is 35.4. The zero-order valence-electron chi connectivity index (χ0n) is 19.1. The van der Waals surface area contributed by atoms with Crippen LogP contribution in [-0.4, -0.2) is 26.9 Å². The number of aliphatic hydroxyl groups excluding tert-OH is 1. The lowest BCUT2D eigenvalue weighted by atomic mass is 9.87. The molecule has 1 aliphatic rings. The molecule has 2 aromatic heterocycles. The van der Waals surface area contributed by atoms with Gasteiger partial charge in [0.1, 0.15) is 23.9 Å². The van der Waals surface area contributed by atoms with Crippen molar-refractivity contribution in [3.05, 3.63) is 101 Å². The van der Waals surface area contributed by atoms with Crippen LogP contribution in [0.1, 0.15) is 45.2 Å². The summed E-state index contributed by atoms with van der Waals surface area (Å²) in [6.45, 7) is 1.47.